The molecule has 0 aromatic rings. The number of rotatable bonds is 2. The lowest BCUT2D eigenvalue weighted by Gasteiger charge is -2.20. The van der Waals surface area contributed by atoms with Gasteiger partial charge in [-0.3, -0.25) is 4.99 Å². The average Bonchev–Trinajstić information content (AvgIpc) is 2.11. The molecule has 0 saturated heterocycles. The molecule has 13 heavy (non-hydrogen) atoms. The third-order valence-corrected chi connectivity index (χ3v) is 2.49. The van der Waals surface area contributed by atoms with Crippen molar-refractivity contribution in [2.45, 2.75) is 20.3 Å². The summed E-state index contributed by atoms with van der Waals surface area (Å²) in [6.45, 7) is 8.16. The van der Waals surface area contributed by atoms with E-state index in [1.165, 1.54) is 11.1 Å². The molecule has 0 radical (unpaired) electrons. The molecule has 1 unspecified atom stereocenters. The zero-order valence-electron chi connectivity index (χ0n) is 8.67. The first-order chi connectivity index (χ1) is 6.20. The maximum Gasteiger partial charge on any atom is 0.0602 e. The molecule has 0 aromatic carbocycles. The zero-order valence-corrected chi connectivity index (χ0v) is 8.67. The van der Waals surface area contributed by atoms with E-state index >= 15 is 0 Å². The quantitative estimate of drug-likeness (QED) is 0.572. The Hall–Kier alpha value is -1.11. The molecule has 0 spiro atoms. The number of allylic oxidation sites excluding steroid dienone is 5. The van der Waals surface area contributed by atoms with E-state index < -0.39 is 0 Å². The molecule has 70 valence electrons. The van der Waals surface area contributed by atoms with Crippen molar-refractivity contribution in [3.05, 3.63) is 36.0 Å². The number of aliphatic imine (C=N–C) groups is 1. The van der Waals surface area contributed by atoms with Crippen LogP contribution >= 0.6 is 0 Å². The van der Waals surface area contributed by atoms with Crippen LogP contribution in [0.4, 0.5) is 0 Å². The lowest BCUT2D eigenvalue weighted by atomic mass is 9.86. The summed E-state index contributed by atoms with van der Waals surface area (Å²) in [5, 5.41) is 0. The second-order valence-electron chi connectivity index (χ2n) is 3.45. The molecule has 0 aromatic heterocycles. The molecule has 1 aliphatic carbocycles. The van der Waals surface area contributed by atoms with Crippen LogP contribution in [0.25, 0.3) is 0 Å². The van der Waals surface area contributed by atoms with Gasteiger partial charge in [0.1, 0.15) is 0 Å². The summed E-state index contributed by atoms with van der Waals surface area (Å²) < 4.78 is 0. The van der Waals surface area contributed by atoms with E-state index in [0.29, 0.717) is 5.92 Å². The highest BCUT2D eigenvalue weighted by Gasteiger charge is 2.16. The Balaban J connectivity index is 3.11. The molecule has 1 nitrogen and oxygen atoms in total. The lowest BCUT2D eigenvalue weighted by molar-refractivity contribution is 0.705. The molecule has 0 N–H and O–H groups in total. The molecule has 1 aliphatic rings. The minimum atomic E-state index is 0.571. The van der Waals surface area contributed by atoms with Gasteiger partial charge >= 0.3 is 0 Å². The molecule has 0 heterocycles. The first-order valence-electron chi connectivity index (χ1n) is 4.67. The molecule has 0 amide bonds. The Bertz CT molecular complexity index is 292. The first-order valence-corrected chi connectivity index (χ1v) is 4.67. The Morgan fingerprint density at radius 2 is 2.38 bits per heavy atom. The molecule has 0 bridgehead atoms. The van der Waals surface area contributed by atoms with Gasteiger partial charge in [-0.15, -0.1) is 0 Å². The van der Waals surface area contributed by atoms with Crippen molar-refractivity contribution in [1.82, 2.24) is 0 Å². The van der Waals surface area contributed by atoms with E-state index in [0.717, 1.165) is 12.1 Å². The van der Waals surface area contributed by atoms with Crippen molar-refractivity contribution in [3.8, 4) is 0 Å². The van der Waals surface area contributed by atoms with E-state index in [1.807, 2.05) is 13.1 Å². The van der Waals surface area contributed by atoms with Gasteiger partial charge in [-0.2, -0.15) is 0 Å². The van der Waals surface area contributed by atoms with Gasteiger partial charge in [-0.1, -0.05) is 25.7 Å². The van der Waals surface area contributed by atoms with Crippen LogP contribution in [0, 0.1) is 5.92 Å². The van der Waals surface area contributed by atoms with Gasteiger partial charge in [0.15, 0.2) is 0 Å². The molecule has 0 aliphatic heterocycles. The zero-order chi connectivity index (χ0) is 9.84. The predicted octanol–water partition coefficient (Wildman–Crippen LogP) is 3.16. The van der Waals surface area contributed by atoms with Crippen LogP contribution in [0.5, 0.6) is 0 Å². The van der Waals surface area contributed by atoms with Crippen LogP contribution in [0.1, 0.15) is 20.3 Å². The van der Waals surface area contributed by atoms with Gasteiger partial charge in [0.2, 0.25) is 0 Å². The maximum absolute atomic E-state index is 4.24. The predicted molar refractivity (Wildman–Crippen MR) is 59.2 cm³/mol. The number of hydrogen-bond acceptors (Lipinski definition) is 1. The van der Waals surface area contributed by atoms with E-state index in [4.69, 9.17) is 0 Å². The SMILES string of the molecule is C=C/C(=N/C)C1=C(C)C=CCC1C. The summed E-state index contributed by atoms with van der Waals surface area (Å²) in [5.41, 5.74) is 3.70. The van der Waals surface area contributed by atoms with E-state index in [2.05, 4.69) is 37.6 Å². The van der Waals surface area contributed by atoms with Crippen molar-refractivity contribution in [3.63, 3.8) is 0 Å². The highest BCUT2D eigenvalue weighted by Crippen LogP contribution is 2.26. The first kappa shape index (κ1) is 9.97. The largest absolute Gasteiger partial charge is 0.288 e. The Morgan fingerprint density at radius 1 is 1.69 bits per heavy atom. The van der Waals surface area contributed by atoms with Crippen LogP contribution in [-0.2, 0) is 0 Å². The van der Waals surface area contributed by atoms with Gasteiger partial charge in [0.05, 0.1) is 5.71 Å². The summed E-state index contributed by atoms with van der Waals surface area (Å²) in [5.74, 6) is 0.571. The summed E-state index contributed by atoms with van der Waals surface area (Å²) in [7, 11) is 1.82. The minimum Gasteiger partial charge on any atom is -0.288 e. The van der Waals surface area contributed by atoms with Crippen molar-refractivity contribution in [2.24, 2.45) is 10.9 Å². The van der Waals surface area contributed by atoms with Gasteiger partial charge in [-0.25, -0.2) is 0 Å². The molecule has 1 heteroatoms. The second kappa shape index (κ2) is 4.22. The smallest absolute Gasteiger partial charge is 0.0602 e. The Morgan fingerprint density at radius 3 is 2.85 bits per heavy atom. The monoisotopic (exact) mass is 175 g/mol. The van der Waals surface area contributed by atoms with Crippen molar-refractivity contribution in [2.75, 3.05) is 7.05 Å². The highest BCUT2D eigenvalue weighted by atomic mass is 14.7. The van der Waals surface area contributed by atoms with Gasteiger partial charge in [0.25, 0.3) is 0 Å². The van der Waals surface area contributed by atoms with Crippen LogP contribution in [0.2, 0.25) is 0 Å². The van der Waals surface area contributed by atoms with Crippen molar-refractivity contribution in [1.29, 1.82) is 0 Å². The molecular weight excluding hydrogens is 158 g/mol. The maximum atomic E-state index is 4.24. The van der Waals surface area contributed by atoms with Crippen LogP contribution < -0.4 is 0 Å². The Kier molecular flexibility index (Phi) is 3.24. The fraction of sp³-hybridized carbons (Fsp3) is 0.417. The highest BCUT2D eigenvalue weighted by molar-refractivity contribution is 6.09. The topological polar surface area (TPSA) is 12.4 Å². The van der Waals surface area contributed by atoms with Crippen LogP contribution in [0.3, 0.4) is 0 Å². The molecular formula is C12H17N. The lowest BCUT2D eigenvalue weighted by Crippen LogP contribution is -2.12. The summed E-state index contributed by atoms with van der Waals surface area (Å²) in [6.07, 6.45) is 7.35. The minimum absolute atomic E-state index is 0.571. The average molecular weight is 175 g/mol. The standard InChI is InChI=1S/C12H17N/c1-5-11(13-4)12-9(2)7-6-8-10(12)3/h5-7,10H,1,8H2,2-4H3/b13-11-. The van der Waals surface area contributed by atoms with E-state index in [1.54, 1.807) is 0 Å². The normalized spacial score (nSPS) is 23.6. The number of hydrogen-bond donors (Lipinski definition) is 0. The van der Waals surface area contributed by atoms with E-state index in [-0.39, 0.29) is 0 Å². The van der Waals surface area contributed by atoms with Crippen molar-refractivity contribution < 1.29 is 0 Å². The van der Waals surface area contributed by atoms with Gasteiger partial charge in [-0.05, 0) is 36.5 Å². The number of nitrogens with zero attached hydrogens (tertiary/aromatic N) is 1. The van der Waals surface area contributed by atoms with Crippen LogP contribution in [0.15, 0.2) is 40.9 Å². The van der Waals surface area contributed by atoms with Crippen molar-refractivity contribution >= 4 is 5.71 Å². The molecule has 0 fully saturated rings. The van der Waals surface area contributed by atoms with Gasteiger partial charge in [0, 0.05) is 7.05 Å². The van der Waals surface area contributed by atoms with E-state index in [9.17, 15) is 0 Å². The van der Waals surface area contributed by atoms with Gasteiger partial charge < -0.3 is 0 Å². The molecule has 1 atom stereocenters. The third-order valence-electron chi connectivity index (χ3n) is 2.49. The summed E-state index contributed by atoms with van der Waals surface area (Å²) in [4.78, 5) is 4.24. The fourth-order valence-corrected chi connectivity index (χ4v) is 1.82. The summed E-state index contributed by atoms with van der Waals surface area (Å²) in [6, 6.07) is 0. The third kappa shape index (κ3) is 1.97. The second-order valence-corrected chi connectivity index (χ2v) is 3.45. The van der Waals surface area contributed by atoms with Crippen LogP contribution in [-0.4, -0.2) is 12.8 Å². The Labute approximate surface area is 80.6 Å². The fourth-order valence-electron chi connectivity index (χ4n) is 1.82. The molecule has 0 saturated carbocycles. The molecule has 1 rings (SSSR count). The summed E-state index contributed by atoms with van der Waals surface area (Å²) >= 11 is 0.